The first-order valence-electron chi connectivity index (χ1n) is 9.18. The van der Waals surface area contributed by atoms with Gasteiger partial charge in [-0.25, -0.2) is 0 Å². The predicted molar refractivity (Wildman–Crippen MR) is 118 cm³/mol. The fraction of sp³-hybridized carbons (Fsp3) is 0.200. The molecule has 2 aromatic carbocycles. The van der Waals surface area contributed by atoms with E-state index in [1.54, 1.807) is 25.1 Å². The Balaban J connectivity index is 1.84. The summed E-state index contributed by atoms with van der Waals surface area (Å²) in [4.78, 5) is 23.1. The number of nitrogens with zero attached hydrogens (tertiary/aromatic N) is 3. The van der Waals surface area contributed by atoms with Crippen molar-refractivity contribution in [2.45, 2.75) is 26.6 Å². The monoisotopic (exact) mass is 546 g/mol. The number of nitro groups is 1. The molecule has 1 aromatic heterocycles. The molecule has 3 rings (SSSR count). The van der Waals surface area contributed by atoms with Crippen molar-refractivity contribution >= 4 is 44.8 Å². The second-order valence-corrected chi connectivity index (χ2v) is 8.17. The molecule has 0 spiro atoms. The number of amides is 1. The Kier molecular flexibility index (Phi) is 6.98. The van der Waals surface area contributed by atoms with Gasteiger partial charge in [0.15, 0.2) is 5.69 Å². The number of rotatable bonds is 6. The predicted octanol–water partition coefficient (Wildman–Crippen LogP) is 6.27. The summed E-state index contributed by atoms with van der Waals surface area (Å²) >= 11 is 8.75. The van der Waals surface area contributed by atoms with Crippen LogP contribution in [-0.2, 0) is 17.5 Å². The number of nitro benzene ring substituents is 1. The summed E-state index contributed by atoms with van der Waals surface area (Å²) in [5, 5.41) is 17.7. The first-order valence-corrected chi connectivity index (χ1v) is 10.4. The molecule has 1 heterocycles. The number of aryl methyl sites for hydroxylation is 1. The van der Waals surface area contributed by atoms with Crippen molar-refractivity contribution in [3.8, 4) is 11.5 Å². The first-order chi connectivity index (χ1) is 15.3. The van der Waals surface area contributed by atoms with Gasteiger partial charge in [-0.1, -0.05) is 11.6 Å². The van der Waals surface area contributed by atoms with E-state index in [9.17, 15) is 28.1 Å². The fourth-order valence-electron chi connectivity index (χ4n) is 2.87. The molecule has 1 N–H and O–H groups in total. The van der Waals surface area contributed by atoms with Crippen molar-refractivity contribution in [3.05, 3.63) is 73.0 Å². The standard InChI is InChI=1S/C20H15BrClF3N4O4/c1-10-5-12(22)3-4-16(10)33-15-7-13(6-14(8-15)29(31)32)26-17(30)9-28-11(2)18(21)19(27-28)20(23,24)25/h3-8H,9H2,1-2H3,(H,26,30). The van der Waals surface area contributed by atoms with Crippen LogP contribution in [-0.4, -0.2) is 20.6 Å². The van der Waals surface area contributed by atoms with Crippen LogP contribution in [0.5, 0.6) is 11.5 Å². The lowest BCUT2D eigenvalue weighted by Crippen LogP contribution is -2.21. The molecule has 3 aromatic rings. The van der Waals surface area contributed by atoms with Gasteiger partial charge < -0.3 is 10.1 Å². The van der Waals surface area contributed by atoms with Crippen LogP contribution < -0.4 is 10.1 Å². The van der Waals surface area contributed by atoms with Crippen molar-refractivity contribution in [1.82, 2.24) is 9.78 Å². The number of ether oxygens (including phenoxy) is 1. The second-order valence-electron chi connectivity index (χ2n) is 6.94. The van der Waals surface area contributed by atoms with E-state index < -0.39 is 29.2 Å². The van der Waals surface area contributed by atoms with Crippen LogP contribution in [0.2, 0.25) is 5.02 Å². The highest BCUT2D eigenvalue weighted by Gasteiger charge is 2.38. The molecule has 174 valence electrons. The zero-order chi connectivity index (χ0) is 24.5. The largest absolute Gasteiger partial charge is 0.457 e. The molecule has 0 unspecified atom stereocenters. The lowest BCUT2D eigenvalue weighted by molar-refractivity contribution is -0.384. The number of carbonyl (C=O) groups excluding carboxylic acids is 1. The molecule has 0 fully saturated rings. The number of benzene rings is 2. The maximum absolute atomic E-state index is 13.0. The molecule has 8 nitrogen and oxygen atoms in total. The fourth-order valence-corrected chi connectivity index (χ4v) is 3.61. The van der Waals surface area contributed by atoms with Crippen molar-refractivity contribution in [2.75, 3.05) is 5.32 Å². The molecule has 0 atom stereocenters. The van der Waals surface area contributed by atoms with E-state index in [4.69, 9.17) is 16.3 Å². The summed E-state index contributed by atoms with van der Waals surface area (Å²) in [7, 11) is 0. The minimum atomic E-state index is -4.70. The molecule has 0 radical (unpaired) electrons. The molecule has 0 aliphatic carbocycles. The van der Waals surface area contributed by atoms with Crippen LogP contribution >= 0.6 is 27.5 Å². The number of halogens is 5. The van der Waals surface area contributed by atoms with Gasteiger partial charge in [0.1, 0.15) is 18.0 Å². The number of hydrogen-bond acceptors (Lipinski definition) is 5. The van der Waals surface area contributed by atoms with E-state index in [0.29, 0.717) is 16.3 Å². The molecule has 0 aliphatic rings. The number of anilines is 1. The van der Waals surface area contributed by atoms with Gasteiger partial charge in [-0.2, -0.15) is 18.3 Å². The van der Waals surface area contributed by atoms with Crippen molar-refractivity contribution < 1.29 is 27.6 Å². The van der Waals surface area contributed by atoms with Crippen molar-refractivity contribution in [3.63, 3.8) is 0 Å². The minimum absolute atomic E-state index is 0.0238. The third kappa shape index (κ3) is 5.82. The summed E-state index contributed by atoms with van der Waals surface area (Å²) in [5.41, 5.74) is -0.710. The zero-order valence-electron chi connectivity index (χ0n) is 17.0. The van der Waals surface area contributed by atoms with Crippen molar-refractivity contribution in [1.29, 1.82) is 0 Å². The minimum Gasteiger partial charge on any atom is -0.457 e. The summed E-state index contributed by atoms with van der Waals surface area (Å²) < 4.78 is 45.4. The lowest BCUT2D eigenvalue weighted by atomic mass is 10.2. The van der Waals surface area contributed by atoms with E-state index >= 15 is 0 Å². The van der Waals surface area contributed by atoms with Gasteiger partial charge in [-0.15, -0.1) is 0 Å². The third-order valence-corrected chi connectivity index (χ3v) is 5.63. The number of carbonyl (C=O) groups is 1. The third-order valence-electron chi connectivity index (χ3n) is 4.45. The summed E-state index contributed by atoms with van der Waals surface area (Å²) in [6, 6.07) is 8.46. The van der Waals surface area contributed by atoms with Gasteiger partial charge in [-0.05, 0) is 53.5 Å². The van der Waals surface area contributed by atoms with Gasteiger partial charge >= 0.3 is 6.18 Å². The Bertz CT molecular complexity index is 1250. The highest BCUT2D eigenvalue weighted by molar-refractivity contribution is 9.10. The number of nitrogens with one attached hydrogen (secondary N) is 1. The number of hydrogen-bond donors (Lipinski definition) is 1. The van der Waals surface area contributed by atoms with Gasteiger partial charge in [-0.3, -0.25) is 19.6 Å². The maximum Gasteiger partial charge on any atom is 0.436 e. The maximum atomic E-state index is 13.0. The molecule has 0 bridgehead atoms. The molecular weight excluding hydrogens is 533 g/mol. The lowest BCUT2D eigenvalue weighted by Gasteiger charge is -2.12. The van der Waals surface area contributed by atoms with Crippen LogP contribution in [0.25, 0.3) is 0 Å². The first kappa shape index (κ1) is 24.5. The molecule has 1 amide bonds. The smallest absolute Gasteiger partial charge is 0.436 e. The topological polar surface area (TPSA) is 99.3 Å². The Labute approximate surface area is 198 Å². The van der Waals surface area contributed by atoms with Crippen molar-refractivity contribution in [2.24, 2.45) is 0 Å². The van der Waals surface area contributed by atoms with E-state index in [0.717, 1.165) is 10.7 Å². The van der Waals surface area contributed by atoms with Gasteiger partial charge in [0.2, 0.25) is 5.91 Å². The zero-order valence-corrected chi connectivity index (χ0v) is 19.4. The average Bonchev–Trinajstić information content (AvgIpc) is 2.98. The SMILES string of the molecule is Cc1cc(Cl)ccc1Oc1cc(NC(=O)Cn2nc(C(F)(F)F)c(Br)c2C)cc([N+](=O)[O-])c1. The molecular formula is C20H15BrClF3N4O4. The van der Waals surface area contributed by atoms with E-state index in [2.05, 4.69) is 26.3 Å². The Morgan fingerprint density at radius 1 is 1.27 bits per heavy atom. The van der Waals surface area contributed by atoms with Crippen LogP contribution in [0.4, 0.5) is 24.5 Å². The Morgan fingerprint density at radius 2 is 1.97 bits per heavy atom. The van der Waals surface area contributed by atoms with Gasteiger partial charge in [0.25, 0.3) is 5.69 Å². The van der Waals surface area contributed by atoms with E-state index in [1.807, 2.05) is 0 Å². The van der Waals surface area contributed by atoms with Crippen LogP contribution in [0.3, 0.4) is 0 Å². The summed E-state index contributed by atoms with van der Waals surface area (Å²) in [6.45, 7) is 2.56. The van der Waals surface area contributed by atoms with Crippen LogP contribution in [0.15, 0.2) is 40.9 Å². The normalized spacial score (nSPS) is 11.4. The highest BCUT2D eigenvalue weighted by atomic mass is 79.9. The number of alkyl halides is 3. The number of aromatic nitrogens is 2. The summed E-state index contributed by atoms with van der Waals surface area (Å²) in [5.74, 6) is -0.271. The van der Waals surface area contributed by atoms with E-state index in [1.165, 1.54) is 19.1 Å². The Hall–Kier alpha value is -3.12. The van der Waals surface area contributed by atoms with Crippen LogP contribution in [0.1, 0.15) is 17.0 Å². The highest BCUT2D eigenvalue weighted by Crippen LogP contribution is 2.36. The Morgan fingerprint density at radius 3 is 2.55 bits per heavy atom. The van der Waals surface area contributed by atoms with E-state index in [-0.39, 0.29) is 27.3 Å². The molecule has 0 saturated heterocycles. The molecule has 0 aliphatic heterocycles. The second kappa shape index (κ2) is 9.40. The molecule has 33 heavy (non-hydrogen) atoms. The quantitative estimate of drug-likeness (QED) is 0.289. The summed E-state index contributed by atoms with van der Waals surface area (Å²) in [6.07, 6.45) is -4.70. The van der Waals surface area contributed by atoms with Gasteiger partial charge in [0, 0.05) is 17.2 Å². The molecule has 0 saturated carbocycles. The number of non-ortho nitro benzene ring substituents is 1. The van der Waals surface area contributed by atoms with Crippen LogP contribution in [0, 0.1) is 24.0 Å². The average molecular weight is 548 g/mol. The van der Waals surface area contributed by atoms with Gasteiger partial charge in [0.05, 0.1) is 26.8 Å². The molecule has 13 heteroatoms.